The van der Waals surface area contributed by atoms with Gasteiger partial charge in [-0.15, -0.1) is 0 Å². The number of carbonyl (C=O) groups excluding carboxylic acids is 1. The van der Waals surface area contributed by atoms with Crippen molar-refractivity contribution in [2.24, 2.45) is 10.7 Å². The third-order valence-electron chi connectivity index (χ3n) is 3.02. The molecule has 0 radical (unpaired) electrons. The monoisotopic (exact) mass is 271 g/mol. The zero-order chi connectivity index (χ0) is 14.1. The topological polar surface area (TPSA) is 83.2 Å². The minimum absolute atomic E-state index is 0.556. The molecule has 2 amide bonds. The predicted molar refractivity (Wildman–Crippen MR) is 75.2 cm³/mol. The van der Waals surface area contributed by atoms with Gasteiger partial charge >= 0.3 is 6.03 Å². The van der Waals surface area contributed by atoms with Gasteiger partial charge in [0.1, 0.15) is 0 Å². The van der Waals surface area contributed by atoms with Gasteiger partial charge in [-0.3, -0.25) is 4.90 Å². The second-order valence-electron chi connectivity index (χ2n) is 4.52. The summed E-state index contributed by atoms with van der Waals surface area (Å²) >= 11 is 0. The van der Waals surface area contributed by atoms with E-state index >= 15 is 0 Å². The van der Waals surface area contributed by atoms with Gasteiger partial charge in [-0.05, 0) is 13.0 Å². The molecule has 1 saturated heterocycles. The molecule has 19 heavy (non-hydrogen) atoms. The van der Waals surface area contributed by atoms with Crippen LogP contribution in [0.2, 0.25) is 0 Å². The van der Waals surface area contributed by atoms with E-state index in [1.165, 1.54) is 0 Å². The van der Waals surface area contributed by atoms with Crippen molar-refractivity contribution in [2.75, 3.05) is 53.0 Å². The van der Waals surface area contributed by atoms with Crippen molar-refractivity contribution in [1.29, 1.82) is 0 Å². The Kier molecular flexibility index (Phi) is 7.20. The van der Waals surface area contributed by atoms with E-state index in [9.17, 15) is 4.79 Å². The number of amides is 2. The summed E-state index contributed by atoms with van der Waals surface area (Å²) in [5.74, 6) is 0.556. The summed E-state index contributed by atoms with van der Waals surface area (Å²) in [5.41, 5.74) is 5.14. The standard InChI is InChI=1S/C12H25N5O2/c1-3-5-16-6-8-17(9-7-16)12(15-11(13)18)14-4-10-19-2/h3-10H2,1-2H3,(H3,13,14,15,18). The van der Waals surface area contributed by atoms with Crippen molar-refractivity contribution in [3.8, 4) is 0 Å². The highest BCUT2D eigenvalue weighted by Crippen LogP contribution is 2.03. The van der Waals surface area contributed by atoms with Crippen molar-refractivity contribution in [3.63, 3.8) is 0 Å². The van der Waals surface area contributed by atoms with Crippen molar-refractivity contribution in [3.05, 3.63) is 0 Å². The van der Waals surface area contributed by atoms with Crippen LogP contribution >= 0.6 is 0 Å². The Labute approximate surface area is 114 Å². The van der Waals surface area contributed by atoms with Gasteiger partial charge in [-0.2, -0.15) is 4.99 Å². The molecule has 0 aromatic carbocycles. The van der Waals surface area contributed by atoms with Gasteiger partial charge < -0.3 is 20.7 Å². The van der Waals surface area contributed by atoms with Crippen molar-refractivity contribution in [1.82, 2.24) is 15.1 Å². The van der Waals surface area contributed by atoms with Gasteiger partial charge in [0.2, 0.25) is 5.96 Å². The fourth-order valence-electron chi connectivity index (χ4n) is 2.09. The van der Waals surface area contributed by atoms with Crippen molar-refractivity contribution < 1.29 is 9.53 Å². The van der Waals surface area contributed by atoms with Crippen LogP contribution in [0.15, 0.2) is 4.99 Å². The van der Waals surface area contributed by atoms with E-state index in [-0.39, 0.29) is 0 Å². The molecule has 0 aliphatic carbocycles. The largest absolute Gasteiger partial charge is 0.383 e. The van der Waals surface area contributed by atoms with Gasteiger partial charge in [0, 0.05) is 39.8 Å². The van der Waals surface area contributed by atoms with Gasteiger partial charge in [0.25, 0.3) is 0 Å². The second kappa shape index (κ2) is 8.71. The van der Waals surface area contributed by atoms with E-state index in [2.05, 4.69) is 27.0 Å². The van der Waals surface area contributed by atoms with Gasteiger partial charge in [0.15, 0.2) is 0 Å². The SMILES string of the molecule is CCCN1CCN(/C(=N/C(N)=O)NCCOC)CC1. The Morgan fingerprint density at radius 2 is 2.05 bits per heavy atom. The smallest absolute Gasteiger partial charge is 0.341 e. The minimum atomic E-state index is -0.670. The number of aliphatic imine (C=N–C) groups is 1. The van der Waals surface area contributed by atoms with E-state index in [0.29, 0.717) is 19.1 Å². The van der Waals surface area contributed by atoms with E-state index in [4.69, 9.17) is 10.5 Å². The number of guanidine groups is 1. The van der Waals surface area contributed by atoms with Crippen molar-refractivity contribution >= 4 is 12.0 Å². The van der Waals surface area contributed by atoms with Crippen LogP contribution in [0.25, 0.3) is 0 Å². The normalized spacial score (nSPS) is 17.6. The van der Waals surface area contributed by atoms with E-state index < -0.39 is 6.03 Å². The zero-order valence-electron chi connectivity index (χ0n) is 11.9. The van der Waals surface area contributed by atoms with Crippen LogP contribution in [0.4, 0.5) is 4.79 Å². The third kappa shape index (κ3) is 5.89. The molecule has 0 aromatic rings. The fourth-order valence-corrected chi connectivity index (χ4v) is 2.09. The lowest BCUT2D eigenvalue weighted by Crippen LogP contribution is -2.53. The first-order valence-electron chi connectivity index (χ1n) is 6.75. The quantitative estimate of drug-likeness (QED) is 0.407. The summed E-state index contributed by atoms with van der Waals surface area (Å²) in [6.45, 7) is 8.14. The number of urea groups is 1. The van der Waals surface area contributed by atoms with Crippen LogP contribution in [0.5, 0.6) is 0 Å². The maximum absolute atomic E-state index is 11.0. The average molecular weight is 271 g/mol. The molecule has 1 aliphatic rings. The molecule has 0 aromatic heterocycles. The lowest BCUT2D eigenvalue weighted by atomic mass is 10.3. The summed E-state index contributed by atoms with van der Waals surface area (Å²) < 4.78 is 4.97. The molecular formula is C12H25N5O2. The number of nitrogens with zero attached hydrogens (tertiary/aromatic N) is 3. The number of nitrogens with one attached hydrogen (secondary N) is 1. The molecule has 7 heteroatoms. The van der Waals surface area contributed by atoms with E-state index in [1.54, 1.807) is 7.11 Å². The second-order valence-corrected chi connectivity index (χ2v) is 4.52. The Morgan fingerprint density at radius 1 is 1.37 bits per heavy atom. The maximum atomic E-state index is 11.0. The molecule has 0 bridgehead atoms. The number of hydrogen-bond acceptors (Lipinski definition) is 3. The summed E-state index contributed by atoms with van der Waals surface area (Å²) in [6, 6.07) is -0.670. The number of ether oxygens (including phenoxy) is 1. The third-order valence-corrected chi connectivity index (χ3v) is 3.02. The summed E-state index contributed by atoms with van der Waals surface area (Å²) in [6.07, 6.45) is 1.16. The lowest BCUT2D eigenvalue weighted by molar-refractivity contribution is 0.176. The Balaban J connectivity index is 2.50. The number of rotatable bonds is 5. The number of nitrogens with two attached hydrogens (primary N) is 1. The Bertz CT molecular complexity index is 300. The van der Waals surface area contributed by atoms with Gasteiger partial charge in [0.05, 0.1) is 6.61 Å². The van der Waals surface area contributed by atoms with Crippen LogP contribution < -0.4 is 11.1 Å². The number of methoxy groups -OCH3 is 1. The molecule has 1 heterocycles. The maximum Gasteiger partial charge on any atom is 0.341 e. The van der Waals surface area contributed by atoms with Crippen molar-refractivity contribution in [2.45, 2.75) is 13.3 Å². The highest BCUT2D eigenvalue weighted by Gasteiger charge is 2.19. The molecule has 0 saturated carbocycles. The number of hydrogen-bond donors (Lipinski definition) is 2. The number of primary amides is 1. The molecule has 0 atom stereocenters. The molecule has 1 fully saturated rings. The van der Waals surface area contributed by atoms with Crippen LogP contribution in [-0.4, -0.2) is 74.8 Å². The molecular weight excluding hydrogens is 246 g/mol. The first kappa shape index (κ1) is 15.7. The zero-order valence-corrected chi connectivity index (χ0v) is 11.9. The average Bonchev–Trinajstić information content (AvgIpc) is 2.39. The first-order valence-corrected chi connectivity index (χ1v) is 6.75. The van der Waals surface area contributed by atoms with Crippen LogP contribution in [0, 0.1) is 0 Å². The van der Waals surface area contributed by atoms with Gasteiger partial charge in [-0.25, -0.2) is 4.79 Å². The van der Waals surface area contributed by atoms with E-state index in [0.717, 1.165) is 39.1 Å². The summed E-state index contributed by atoms with van der Waals surface area (Å²) in [5, 5.41) is 3.10. The molecule has 1 aliphatic heterocycles. The number of carbonyl (C=O) groups is 1. The highest BCUT2D eigenvalue weighted by molar-refractivity contribution is 5.91. The minimum Gasteiger partial charge on any atom is -0.383 e. The molecule has 7 nitrogen and oxygen atoms in total. The molecule has 3 N–H and O–H groups in total. The predicted octanol–water partition coefficient (Wildman–Crippen LogP) is -0.315. The van der Waals surface area contributed by atoms with Crippen LogP contribution in [0.1, 0.15) is 13.3 Å². The molecule has 1 rings (SSSR count). The highest BCUT2D eigenvalue weighted by atomic mass is 16.5. The van der Waals surface area contributed by atoms with Crippen LogP contribution in [0.3, 0.4) is 0 Å². The summed E-state index contributed by atoms with van der Waals surface area (Å²) in [7, 11) is 1.64. The Morgan fingerprint density at radius 3 is 2.58 bits per heavy atom. The first-order chi connectivity index (χ1) is 9.17. The van der Waals surface area contributed by atoms with E-state index in [1.807, 2.05) is 0 Å². The Hall–Kier alpha value is -1.34. The lowest BCUT2D eigenvalue weighted by Gasteiger charge is -2.36. The summed E-state index contributed by atoms with van der Waals surface area (Å²) in [4.78, 5) is 19.3. The number of piperazine rings is 1. The van der Waals surface area contributed by atoms with Gasteiger partial charge in [-0.1, -0.05) is 6.92 Å². The molecule has 110 valence electrons. The molecule has 0 spiro atoms. The fraction of sp³-hybridized carbons (Fsp3) is 0.833. The molecule has 0 unspecified atom stereocenters. The van der Waals surface area contributed by atoms with Crippen LogP contribution in [-0.2, 0) is 4.74 Å².